The molecule has 0 aliphatic rings. The molecule has 0 atom stereocenters. The molecule has 0 amide bonds. The Kier molecular flexibility index (Phi) is 6.07. The van der Waals surface area contributed by atoms with Gasteiger partial charge in [0.25, 0.3) is 0 Å². The number of carboxylic acid groups (broad SMARTS) is 1. The number of aryl methyl sites for hydroxylation is 1. The second kappa shape index (κ2) is 7.34. The van der Waals surface area contributed by atoms with Gasteiger partial charge >= 0.3 is 5.97 Å². The fourth-order valence-electron chi connectivity index (χ4n) is 1.46. The van der Waals surface area contributed by atoms with Gasteiger partial charge in [0, 0.05) is 25.0 Å². The average Bonchev–Trinajstić information content (AvgIpc) is 2.69. The zero-order valence-electron chi connectivity index (χ0n) is 10.2. The summed E-state index contributed by atoms with van der Waals surface area (Å²) in [6.07, 6.45) is 2.68. The first-order valence-electron chi connectivity index (χ1n) is 5.65. The van der Waals surface area contributed by atoms with Gasteiger partial charge in [-0.25, -0.2) is 4.98 Å². The SMILES string of the molecule is CCOCCn1c(CC)cnc1SCC(=O)O. The van der Waals surface area contributed by atoms with Gasteiger partial charge in [-0.3, -0.25) is 4.79 Å². The van der Waals surface area contributed by atoms with Crippen LogP contribution in [0.3, 0.4) is 0 Å². The van der Waals surface area contributed by atoms with Gasteiger partial charge in [0.1, 0.15) is 0 Å². The summed E-state index contributed by atoms with van der Waals surface area (Å²) in [5.41, 5.74) is 1.11. The highest BCUT2D eigenvalue weighted by atomic mass is 32.2. The molecule has 5 nitrogen and oxygen atoms in total. The summed E-state index contributed by atoms with van der Waals surface area (Å²) in [6, 6.07) is 0. The minimum Gasteiger partial charge on any atom is -0.481 e. The van der Waals surface area contributed by atoms with Crippen LogP contribution < -0.4 is 0 Å². The number of hydrogen-bond donors (Lipinski definition) is 1. The standard InChI is InChI=1S/C11H18N2O3S/c1-3-9-7-12-11(17-8-10(14)15)13(9)5-6-16-4-2/h7H,3-6,8H2,1-2H3,(H,14,15). The van der Waals surface area contributed by atoms with Crippen LogP contribution in [0.25, 0.3) is 0 Å². The van der Waals surface area contributed by atoms with E-state index < -0.39 is 5.97 Å². The third kappa shape index (κ3) is 4.40. The molecule has 1 N–H and O–H groups in total. The third-order valence-corrected chi connectivity index (χ3v) is 3.23. The second-order valence-electron chi connectivity index (χ2n) is 3.42. The molecule has 1 heterocycles. The van der Waals surface area contributed by atoms with Crippen LogP contribution in [0, 0.1) is 0 Å². The highest BCUT2D eigenvalue weighted by Gasteiger charge is 2.10. The lowest BCUT2D eigenvalue weighted by Crippen LogP contribution is -2.10. The number of hydrogen-bond acceptors (Lipinski definition) is 4. The highest BCUT2D eigenvalue weighted by Crippen LogP contribution is 2.18. The first-order valence-corrected chi connectivity index (χ1v) is 6.64. The first-order chi connectivity index (χ1) is 8.19. The van der Waals surface area contributed by atoms with Gasteiger partial charge in [0.15, 0.2) is 5.16 Å². The zero-order chi connectivity index (χ0) is 12.7. The molecule has 17 heavy (non-hydrogen) atoms. The number of carbonyl (C=O) groups is 1. The van der Waals surface area contributed by atoms with Gasteiger partial charge in [0.2, 0.25) is 0 Å². The topological polar surface area (TPSA) is 64.4 Å². The molecular formula is C11H18N2O3S. The molecule has 1 rings (SSSR count). The number of imidazole rings is 1. The van der Waals surface area contributed by atoms with Crippen molar-refractivity contribution in [1.82, 2.24) is 9.55 Å². The van der Waals surface area contributed by atoms with Crippen LogP contribution >= 0.6 is 11.8 Å². The van der Waals surface area contributed by atoms with Crippen molar-refractivity contribution in [3.63, 3.8) is 0 Å². The number of aliphatic carboxylic acids is 1. The van der Waals surface area contributed by atoms with Crippen molar-refractivity contribution < 1.29 is 14.6 Å². The maximum Gasteiger partial charge on any atom is 0.313 e. The molecule has 0 spiro atoms. The number of ether oxygens (including phenoxy) is 1. The Morgan fingerprint density at radius 3 is 2.94 bits per heavy atom. The molecule has 1 aromatic heterocycles. The van der Waals surface area contributed by atoms with Crippen LogP contribution in [0.2, 0.25) is 0 Å². The van der Waals surface area contributed by atoms with E-state index in [0.717, 1.165) is 23.8 Å². The van der Waals surface area contributed by atoms with Crippen LogP contribution in [-0.4, -0.2) is 39.6 Å². The maximum atomic E-state index is 10.5. The number of nitrogens with zero attached hydrogens (tertiary/aromatic N) is 2. The Labute approximate surface area is 105 Å². The Morgan fingerprint density at radius 1 is 1.59 bits per heavy atom. The summed E-state index contributed by atoms with van der Waals surface area (Å²) in [5.74, 6) is -0.790. The summed E-state index contributed by atoms with van der Waals surface area (Å²) in [7, 11) is 0. The summed E-state index contributed by atoms with van der Waals surface area (Å²) in [6.45, 7) is 6.04. The van der Waals surface area contributed by atoms with E-state index in [4.69, 9.17) is 9.84 Å². The number of rotatable bonds is 8. The lowest BCUT2D eigenvalue weighted by atomic mass is 10.3. The summed E-state index contributed by atoms with van der Waals surface area (Å²) >= 11 is 1.25. The molecule has 0 unspecified atom stereocenters. The summed E-state index contributed by atoms with van der Waals surface area (Å²) in [5, 5.41) is 9.41. The minimum absolute atomic E-state index is 0.0365. The van der Waals surface area contributed by atoms with Gasteiger partial charge in [-0.15, -0.1) is 0 Å². The van der Waals surface area contributed by atoms with Crippen LogP contribution in [0.1, 0.15) is 19.5 Å². The van der Waals surface area contributed by atoms with E-state index in [1.54, 1.807) is 6.20 Å². The Hall–Kier alpha value is -1.01. The monoisotopic (exact) mass is 258 g/mol. The van der Waals surface area contributed by atoms with Crippen LogP contribution in [0.4, 0.5) is 0 Å². The third-order valence-electron chi connectivity index (χ3n) is 2.25. The van der Waals surface area contributed by atoms with Gasteiger partial charge in [-0.1, -0.05) is 18.7 Å². The predicted molar refractivity (Wildman–Crippen MR) is 66.5 cm³/mol. The van der Waals surface area contributed by atoms with Crippen LogP contribution in [0.5, 0.6) is 0 Å². The van der Waals surface area contributed by atoms with E-state index in [-0.39, 0.29) is 5.75 Å². The Balaban J connectivity index is 2.67. The van der Waals surface area contributed by atoms with Gasteiger partial charge in [-0.05, 0) is 13.3 Å². The van der Waals surface area contributed by atoms with Crippen LogP contribution in [-0.2, 0) is 22.5 Å². The molecule has 0 radical (unpaired) electrons. The van der Waals surface area contributed by atoms with Crippen LogP contribution in [0.15, 0.2) is 11.4 Å². The fourth-order valence-corrected chi connectivity index (χ4v) is 2.20. The summed E-state index contributed by atoms with van der Waals surface area (Å²) in [4.78, 5) is 14.8. The molecule has 0 aromatic carbocycles. The maximum absolute atomic E-state index is 10.5. The van der Waals surface area contributed by atoms with E-state index >= 15 is 0 Å². The second-order valence-corrected chi connectivity index (χ2v) is 4.36. The minimum atomic E-state index is -0.826. The molecule has 0 fully saturated rings. The lowest BCUT2D eigenvalue weighted by molar-refractivity contribution is -0.133. The van der Waals surface area contributed by atoms with E-state index in [2.05, 4.69) is 11.9 Å². The largest absolute Gasteiger partial charge is 0.481 e. The van der Waals surface area contributed by atoms with Crippen molar-refractivity contribution in [1.29, 1.82) is 0 Å². The van der Waals surface area contributed by atoms with E-state index in [1.165, 1.54) is 11.8 Å². The molecule has 1 aromatic rings. The molecule has 0 bridgehead atoms. The van der Waals surface area contributed by atoms with Crippen molar-refractivity contribution in [3.05, 3.63) is 11.9 Å². The van der Waals surface area contributed by atoms with Gasteiger partial charge < -0.3 is 14.4 Å². The van der Waals surface area contributed by atoms with Crippen molar-refractivity contribution in [2.45, 2.75) is 32.0 Å². The van der Waals surface area contributed by atoms with E-state index in [9.17, 15) is 4.79 Å². The number of thioether (sulfide) groups is 1. The number of carboxylic acids is 1. The smallest absolute Gasteiger partial charge is 0.313 e. The average molecular weight is 258 g/mol. The van der Waals surface area contributed by atoms with Gasteiger partial charge in [0.05, 0.1) is 12.4 Å². The quantitative estimate of drug-likeness (QED) is 0.567. The Morgan fingerprint density at radius 2 is 2.35 bits per heavy atom. The molecule has 0 saturated carbocycles. The number of aromatic nitrogens is 2. The van der Waals surface area contributed by atoms with Crippen molar-refractivity contribution in [2.24, 2.45) is 0 Å². The Bertz CT molecular complexity index is 366. The van der Waals surface area contributed by atoms with Gasteiger partial charge in [-0.2, -0.15) is 0 Å². The predicted octanol–water partition coefficient (Wildman–Crippen LogP) is 1.66. The van der Waals surface area contributed by atoms with Crippen molar-refractivity contribution >= 4 is 17.7 Å². The normalized spacial score (nSPS) is 10.7. The lowest BCUT2D eigenvalue weighted by Gasteiger charge is -2.10. The van der Waals surface area contributed by atoms with Crippen molar-refractivity contribution in [3.8, 4) is 0 Å². The first kappa shape index (κ1) is 14.1. The molecule has 6 heteroatoms. The highest BCUT2D eigenvalue weighted by molar-refractivity contribution is 7.99. The molecule has 96 valence electrons. The summed E-state index contributed by atoms with van der Waals surface area (Å²) < 4.78 is 7.34. The molecule has 0 aliphatic heterocycles. The fraction of sp³-hybridized carbons (Fsp3) is 0.636. The van der Waals surface area contributed by atoms with E-state index in [1.807, 2.05) is 11.5 Å². The van der Waals surface area contributed by atoms with Crippen molar-refractivity contribution in [2.75, 3.05) is 19.0 Å². The molecular weight excluding hydrogens is 240 g/mol. The van der Waals surface area contributed by atoms with E-state index in [0.29, 0.717) is 13.2 Å². The molecule has 0 saturated heterocycles. The molecule has 0 aliphatic carbocycles. The zero-order valence-corrected chi connectivity index (χ0v) is 11.0.